The standard InChI is InChI=1S/C14H16O/c1-5-6-14(12(3)15-4)13-9-7-11(2)8-10-13/h5-10H,1,3H2,2,4H3/b14-6+. The van der Waals surface area contributed by atoms with Crippen molar-refractivity contribution < 1.29 is 4.74 Å². The maximum absolute atomic E-state index is 5.14. The molecule has 0 aliphatic carbocycles. The lowest BCUT2D eigenvalue weighted by Crippen LogP contribution is -1.91. The fourth-order valence-electron chi connectivity index (χ4n) is 1.31. The summed E-state index contributed by atoms with van der Waals surface area (Å²) in [7, 11) is 1.62. The number of methoxy groups -OCH3 is 1. The van der Waals surface area contributed by atoms with E-state index in [4.69, 9.17) is 4.74 Å². The van der Waals surface area contributed by atoms with Crippen molar-refractivity contribution in [3.05, 3.63) is 66.5 Å². The van der Waals surface area contributed by atoms with Crippen molar-refractivity contribution in [1.29, 1.82) is 0 Å². The van der Waals surface area contributed by atoms with Crippen LogP contribution in [-0.4, -0.2) is 7.11 Å². The van der Waals surface area contributed by atoms with E-state index in [-0.39, 0.29) is 0 Å². The van der Waals surface area contributed by atoms with E-state index >= 15 is 0 Å². The second-order valence-corrected chi connectivity index (χ2v) is 3.31. The Morgan fingerprint density at radius 1 is 1.27 bits per heavy atom. The second kappa shape index (κ2) is 5.20. The third-order valence-corrected chi connectivity index (χ3v) is 2.19. The zero-order valence-electron chi connectivity index (χ0n) is 9.29. The molecule has 0 heterocycles. The molecule has 0 bridgehead atoms. The number of hydrogen-bond acceptors (Lipinski definition) is 1. The topological polar surface area (TPSA) is 9.23 Å². The molecule has 0 fully saturated rings. The number of aryl methyl sites for hydroxylation is 1. The Morgan fingerprint density at radius 2 is 1.87 bits per heavy atom. The van der Waals surface area contributed by atoms with Crippen LogP contribution in [-0.2, 0) is 4.74 Å². The van der Waals surface area contributed by atoms with Crippen molar-refractivity contribution in [2.45, 2.75) is 6.92 Å². The quantitative estimate of drug-likeness (QED) is 0.531. The monoisotopic (exact) mass is 200 g/mol. The van der Waals surface area contributed by atoms with Gasteiger partial charge in [0.2, 0.25) is 0 Å². The van der Waals surface area contributed by atoms with Gasteiger partial charge in [-0.25, -0.2) is 0 Å². The van der Waals surface area contributed by atoms with E-state index < -0.39 is 0 Å². The van der Waals surface area contributed by atoms with E-state index in [0.29, 0.717) is 5.76 Å². The summed E-state index contributed by atoms with van der Waals surface area (Å²) < 4.78 is 5.14. The molecule has 0 aromatic heterocycles. The van der Waals surface area contributed by atoms with Gasteiger partial charge in [-0.3, -0.25) is 0 Å². The maximum atomic E-state index is 5.14. The van der Waals surface area contributed by atoms with Crippen molar-refractivity contribution >= 4 is 5.57 Å². The summed E-state index contributed by atoms with van der Waals surface area (Å²) in [4.78, 5) is 0. The van der Waals surface area contributed by atoms with E-state index in [2.05, 4.69) is 44.3 Å². The highest BCUT2D eigenvalue weighted by Crippen LogP contribution is 2.22. The van der Waals surface area contributed by atoms with Gasteiger partial charge in [-0.2, -0.15) is 0 Å². The molecule has 1 nitrogen and oxygen atoms in total. The van der Waals surface area contributed by atoms with Crippen LogP contribution < -0.4 is 0 Å². The predicted molar refractivity (Wildman–Crippen MR) is 65.5 cm³/mol. The number of benzene rings is 1. The zero-order valence-corrected chi connectivity index (χ0v) is 9.29. The highest BCUT2D eigenvalue weighted by Gasteiger charge is 2.04. The van der Waals surface area contributed by atoms with Gasteiger partial charge >= 0.3 is 0 Å². The maximum Gasteiger partial charge on any atom is 0.119 e. The Balaban J connectivity index is 3.10. The lowest BCUT2D eigenvalue weighted by Gasteiger charge is -2.09. The minimum absolute atomic E-state index is 0.652. The summed E-state index contributed by atoms with van der Waals surface area (Å²) >= 11 is 0. The van der Waals surface area contributed by atoms with Crippen LogP contribution in [0.1, 0.15) is 11.1 Å². The van der Waals surface area contributed by atoms with E-state index in [0.717, 1.165) is 11.1 Å². The van der Waals surface area contributed by atoms with Gasteiger partial charge in [0.1, 0.15) is 5.76 Å². The van der Waals surface area contributed by atoms with E-state index in [1.54, 1.807) is 13.2 Å². The molecule has 0 unspecified atom stereocenters. The highest BCUT2D eigenvalue weighted by atomic mass is 16.5. The van der Waals surface area contributed by atoms with Crippen LogP contribution in [0.5, 0.6) is 0 Å². The lowest BCUT2D eigenvalue weighted by molar-refractivity contribution is 0.313. The number of hydrogen-bond donors (Lipinski definition) is 0. The van der Waals surface area contributed by atoms with Crippen molar-refractivity contribution in [2.75, 3.05) is 7.11 Å². The van der Waals surface area contributed by atoms with E-state index in [1.165, 1.54) is 5.56 Å². The van der Waals surface area contributed by atoms with Crippen molar-refractivity contribution in [3.63, 3.8) is 0 Å². The van der Waals surface area contributed by atoms with Gasteiger partial charge in [0.25, 0.3) is 0 Å². The van der Waals surface area contributed by atoms with Crippen LogP contribution in [0.25, 0.3) is 5.57 Å². The molecule has 1 rings (SSSR count). The molecule has 0 aliphatic heterocycles. The summed E-state index contributed by atoms with van der Waals surface area (Å²) in [5.74, 6) is 0.652. The Labute approximate surface area is 91.4 Å². The Morgan fingerprint density at radius 3 is 2.33 bits per heavy atom. The third-order valence-electron chi connectivity index (χ3n) is 2.19. The van der Waals surface area contributed by atoms with Crippen LogP contribution in [0.2, 0.25) is 0 Å². The van der Waals surface area contributed by atoms with Crippen LogP contribution in [0.3, 0.4) is 0 Å². The molecule has 1 aromatic carbocycles. The molecule has 78 valence electrons. The molecule has 0 aliphatic rings. The van der Waals surface area contributed by atoms with Crippen molar-refractivity contribution in [1.82, 2.24) is 0 Å². The van der Waals surface area contributed by atoms with E-state index in [9.17, 15) is 0 Å². The number of allylic oxidation sites excluding steroid dienone is 3. The first-order valence-electron chi connectivity index (χ1n) is 4.82. The molecule has 1 heteroatoms. The molecular weight excluding hydrogens is 184 g/mol. The largest absolute Gasteiger partial charge is 0.497 e. The van der Waals surface area contributed by atoms with Gasteiger partial charge in [0, 0.05) is 5.57 Å². The van der Waals surface area contributed by atoms with Crippen LogP contribution in [0, 0.1) is 6.92 Å². The molecule has 15 heavy (non-hydrogen) atoms. The molecule has 0 saturated carbocycles. The lowest BCUT2D eigenvalue weighted by atomic mass is 10.0. The van der Waals surface area contributed by atoms with Gasteiger partial charge in [-0.05, 0) is 12.5 Å². The van der Waals surface area contributed by atoms with Crippen molar-refractivity contribution in [2.24, 2.45) is 0 Å². The van der Waals surface area contributed by atoms with Gasteiger partial charge < -0.3 is 4.74 Å². The Hall–Kier alpha value is -1.76. The molecular formula is C14H16O. The highest BCUT2D eigenvalue weighted by molar-refractivity contribution is 5.77. The molecule has 0 saturated heterocycles. The summed E-state index contributed by atoms with van der Waals surface area (Å²) in [5, 5.41) is 0. The first kappa shape index (κ1) is 11.3. The van der Waals surface area contributed by atoms with E-state index in [1.807, 2.05) is 6.08 Å². The average Bonchev–Trinajstić information content (AvgIpc) is 2.26. The van der Waals surface area contributed by atoms with Gasteiger partial charge in [0.15, 0.2) is 0 Å². The Kier molecular flexibility index (Phi) is 3.92. The summed E-state index contributed by atoms with van der Waals surface area (Å²) in [5.41, 5.74) is 3.29. The first-order chi connectivity index (χ1) is 7.19. The molecule has 0 radical (unpaired) electrons. The second-order valence-electron chi connectivity index (χ2n) is 3.31. The van der Waals surface area contributed by atoms with Gasteiger partial charge in [-0.15, -0.1) is 0 Å². The Bertz CT molecular complexity index is 382. The van der Waals surface area contributed by atoms with Crippen LogP contribution in [0.4, 0.5) is 0 Å². The van der Waals surface area contributed by atoms with Crippen molar-refractivity contribution in [3.8, 4) is 0 Å². The molecule has 1 aromatic rings. The fraction of sp³-hybridized carbons (Fsp3) is 0.143. The fourth-order valence-corrected chi connectivity index (χ4v) is 1.31. The van der Waals surface area contributed by atoms with Crippen LogP contribution in [0.15, 0.2) is 55.3 Å². The smallest absolute Gasteiger partial charge is 0.119 e. The SMILES string of the molecule is C=C/C=C(\C(=C)OC)c1ccc(C)cc1. The summed E-state index contributed by atoms with van der Waals surface area (Å²) in [6.45, 7) is 9.60. The normalized spacial score (nSPS) is 10.9. The van der Waals surface area contributed by atoms with Crippen LogP contribution >= 0.6 is 0 Å². The zero-order chi connectivity index (χ0) is 11.3. The predicted octanol–water partition coefficient (Wildman–Crippen LogP) is 3.72. The first-order valence-corrected chi connectivity index (χ1v) is 4.82. The number of rotatable bonds is 4. The van der Waals surface area contributed by atoms with Gasteiger partial charge in [0.05, 0.1) is 7.11 Å². The molecule has 0 atom stereocenters. The minimum atomic E-state index is 0.652. The van der Waals surface area contributed by atoms with Gasteiger partial charge in [-0.1, -0.05) is 55.1 Å². The molecule has 0 amide bonds. The summed E-state index contributed by atoms with van der Waals surface area (Å²) in [6, 6.07) is 8.23. The minimum Gasteiger partial charge on any atom is -0.497 e. The summed E-state index contributed by atoms with van der Waals surface area (Å²) in [6.07, 6.45) is 3.63. The average molecular weight is 200 g/mol. The third kappa shape index (κ3) is 2.84. The molecule has 0 N–H and O–H groups in total. The molecule has 0 spiro atoms. The number of ether oxygens (including phenoxy) is 1.